The summed E-state index contributed by atoms with van der Waals surface area (Å²) < 4.78 is 28.0. The lowest BCUT2D eigenvalue weighted by molar-refractivity contribution is -0.139. The van der Waals surface area contributed by atoms with Gasteiger partial charge in [0.1, 0.15) is 5.65 Å². The molecule has 0 saturated carbocycles. The van der Waals surface area contributed by atoms with Gasteiger partial charge < -0.3 is 19.1 Å². The molecule has 2 aromatic carbocycles. The van der Waals surface area contributed by atoms with Crippen molar-refractivity contribution in [1.82, 2.24) is 9.55 Å². The fraction of sp³-hybridized carbons (Fsp3) is 0.353. The number of carbonyl (C=O) groups is 1. The van der Waals surface area contributed by atoms with E-state index in [1.54, 1.807) is 26.8 Å². The monoisotopic (exact) mass is 558 g/mol. The molecule has 0 saturated heterocycles. The van der Waals surface area contributed by atoms with Crippen LogP contribution in [-0.4, -0.2) is 39.9 Å². The first-order valence-electron chi connectivity index (χ1n) is 13.9. The van der Waals surface area contributed by atoms with Gasteiger partial charge in [-0.25, -0.2) is 9.37 Å². The zero-order valence-electron chi connectivity index (χ0n) is 25.0. The standard InChI is InChI=1S/C30H29FN2O3.C4H10O/c1-18-22-11-8-14-36-29(22)26(31)16-23(18)28-24(17-27(34)35-4)19(2)32-30-25(28)15-21(33(30)3)13-12-20-9-6-5-7-10-20;1-4(2,3)5/h5-7,9-10,12-13,15-16H,8,11,14,17H2,1-4H3;5H,1-3H3/b13-12+;. The molecule has 1 aliphatic heterocycles. The van der Waals surface area contributed by atoms with Gasteiger partial charge in [-0.1, -0.05) is 36.4 Å². The second kappa shape index (κ2) is 12.3. The molecule has 0 bridgehead atoms. The van der Waals surface area contributed by atoms with Crippen LogP contribution < -0.4 is 4.74 Å². The second-order valence-electron chi connectivity index (χ2n) is 11.4. The molecule has 0 unspecified atom stereocenters. The summed E-state index contributed by atoms with van der Waals surface area (Å²) in [6, 6.07) is 13.7. The molecule has 6 nitrogen and oxygen atoms in total. The van der Waals surface area contributed by atoms with Crippen LogP contribution in [0.2, 0.25) is 0 Å². The van der Waals surface area contributed by atoms with E-state index < -0.39 is 5.60 Å². The highest BCUT2D eigenvalue weighted by Crippen LogP contribution is 2.42. The van der Waals surface area contributed by atoms with E-state index >= 15 is 4.39 Å². The summed E-state index contributed by atoms with van der Waals surface area (Å²) in [7, 11) is 3.34. The number of esters is 1. The highest BCUT2D eigenvalue weighted by atomic mass is 19.1. The fourth-order valence-electron chi connectivity index (χ4n) is 5.06. The molecule has 0 radical (unpaired) electrons. The molecule has 0 spiro atoms. The zero-order valence-corrected chi connectivity index (χ0v) is 25.0. The number of benzene rings is 2. The maximum Gasteiger partial charge on any atom is 0.310 e. The Bertz CT molecular complexity index is 1590. The Labute approximate surface area is 241 Å². The number of carbonyl (C=O) groups excluding carboxylic acids is 1. The number of hydrogen-bond donors (Lipinski definition) is 1. The van der Waals surface area contributed by atoms with Crippen molar-refractivity contribution in [2.75, 3.05) is 13.7 Å². The minimum absolute atomic E-state index is 0.0549. The van der Waals surface area contributed by atoms with Crippen molar-refractivity contribution in [2.45, 2.75) is 59.5 Å². The van der Waals surface area contributed by atoms with Gasteiger partial charge in [-0.05, 0) is 93.5 Å². The van der Waals surface area contributed by atoms with E-state index in [9.17, 15) is 4.79 Å². The maximum atomic E-state index is 15.3. The largest absolute Gasteiger partial charge is 0.490 e. The van der Waals surface area contributed by atoms with Gasteiger partial charge in [-0.2, -0.15) is 0 Å². The van der Waals surface area contributed by atoms with Crippen LogP contribution in [0.25, 0.3) is 34.3 Å². The van der Waals surface area contributed by atoms with Gasteiger partial charge in [-0.15, -0.1) is 0 Å². The van der Waals surface area contributed by atoms with Crippen LogP contribution >= 0.6 is 0 Å². The number of rotatable bonds is 5. The first-order valence-corrected chi connectivity index (χ1v) is 13.9. The molecule has 0 amide bonds. The highest BCUT2D eigenvalue weighted by molar-refractivity contribution is 6.00. The van der Waals surface area contributed by atoms with E-state index in [0.717, 1.165) is 68.6 Å². The number of ether oxygens (including phenoxy) is 2. The lowest BCUT2D eigenvalue weighted by Gasteiger charge is -2.23. The number of pyridine rings is 1. The van der Waals surface area contributed by atoms with Crippen molar-refractivity contribution in [2.24, 2.45) is 7.05 Å². The van der Waals surface area contributed by atoms with Crippen molar-refractivity contribution in [3.05, 3.63) is 81.9 Å². The molecule has 0 aliphatic carbocycles. The summed E-state index contributed by atoms with van der Waals surface area (Å²) in [5, 5.41) is 9.39. The average molecular weight is 559 g/mol. The maximum absolute atomic E-state index is 15.3. The van der Waals surface area contributed by atoms with Crippen LogP contribution in [0.1, 0.15) is 60.8 Å². The average Bonchev–Trinajstić information content (AvgIpc) is 3.24. The molecular weight excluding hydrogens is 519 g/mol. The number of aliphatic hydroxyl groups is 1. The van der Waals surface area contributed by atoms with E-state index in [2.05, 4.69) is 12.1 Å². The summed E-state index contributed by atoms with van der Waals surface area (Å²) in [4.78, 5) is 17.3. The molecule has 2 aromatic heterocycles. The Morgan fingerprint density at radius 3 is 2.51 bits per heavy atom. The molecule has 0 atom stereocenters. The number of halogens is 1. The van der Waals surface area contributed by atoms with Crippen LogP contribution in [0.3, 0.4) is 0 Å². The van der Waals surface area contributed by atoms with Gasteiger partial charge >= 0.3 is 5.97 Å². The molecule has 5 rings (SSSR count). The van der Waals surface area contributed by atoms with Crippen molar-refractivity contribution in [3.63, 3.8) is 0 Å². The molecule has 7 heteroatoms. The van der Waals surface area contributed by atoms with Crippen molar-refractivity contribution in [1.29, 1.82) is 0 Å². The van der Waals surface area contributed by atoms with Crippen molar-refractivity contribution < 1.29 is 23.8 Å². The van der Waals surface area contributed by atoms with E-state index in [4.69, 9.17) is 19.6 Å². The Kier molecular flexibility index (Phi) is 8.98. The molecular formula is C34H39FN2O4. The molecule has 4 aromatic rings. The van der Waals surface area contributed by atoms with Crippen LogP contribution in [0.15, 0.2) is 42.5 Å². The van der Waals surface area contributed by atoms with E-state index in [-0.39, 0.29) is 18.2 Å². The second-order valence-corrected chi connectivity index (χ2v) is 11.4. The quantitative estimate of drug-likeness (QED) is 0.268. The first-order chi connectivity index (χ1) is 19.4. The normalized spacial score (nSPS) is 13.0. The summed E-state index contributed by atoms with van der Waals surface area (Å²) in [5.74, 6) is -0.393. The number of fused-ring (bicyclic) bond motifs is 2. The third-order valence-corrected chi connectivity index (χ3v) is 7.02. The number of hydrogen-bond acceptors (Lipinski definition) is 5. The number of aromatic nitrogens is 2. The van der Waals surface area contributed by atoms with Gasteiger partial charge in [0, 0.05) is 29.4 Å². The molecule has 216 valence electrons. The topological polar surface area (TPSA) is 73.6 Å². The smallest absolute Gasteiger partial charge is 0.310 e. The van der Waals surface area contributed by atoms with Crippen LogP contribution in [0.5, 0.6) is 5.75 Å². The lowest BCUT2D eigenvalue weighted by atomic mass is 9.87. The fourth-order valence-corrected chi connectivity index (χ4v) is 5.06. The van der Waals surface area contributed by atoms with E-state index in [0.29, 0.717) is 12.4 Å². The number of nitrogens with zero attached hydrogens (tertiary/aromatic N) is 2. The molecule has 1 N–H and O–H groups in total. The predicted molar refractivity (Wildman–Crippen MR) is 162 cm³/mol. The molecule has 1 aliphatic rings. The van der Waals surface area contributed by atoms with E-state index in [1.807, 2.05) is 61.9 Å². The minimum atomic E-state index is -0.500. The van der Waals surface area contributed by atoms with Crippen LogP contribution in [0, 0.1) is 19.7 Å². The van der Waals surface area contributed by atoms with Gasteiger partial charge in [0.05, 0.1) is 25.7 Å². The predicted octanol–water partition coefficient (Wildman–Crippen LogP) is 6.98. The Morgan fingerprint density at radius 2 is 1.85 bits per heavy atom. The SMILES string of the molecule is CC(C)(C)O.COC(=O)Cc1c(C)nc2c(cc(/C=C/c3ccccc3)n2C)c1-c1cc(F)c2c(c1C)CCCO2. The van der Waals surface area contributed by atoms with Crippen molar-refractivity contribution >= 4 is 29.2 Å². The third-order valence-electron chi connectivity index (χ3n) is 7.02. The van der Waals surface area contributed by atoms with Gasteiger partial charge in [-0.3, -0.25) is 4.79 Å². The van der Waals surface area contributed by atoms with E-state index in [1.165, 1.54) is 7.11 Å². The summed E-state index contributed by atoms with van der Waals surface area (Å²) >= 11 is 0. The zero-order chi connectivity index (χ0) is 29.9. The van der Waals surface area contributed by atoms with Crippen molar-refractivity contribution in [3.8, 4) is 16.9 Å². The number of aryl methyl sites for hydroxylation is 2. The Hall–Kier alpha value is -3.97. The van der Waals surface area contributed by atoms with Crippen LogP contribution in [0.4, 0.5) is 4.39 Å². The summed E-state index contributed by atoms with van der Waals surface area (Å²) in [6.07, 6.45) is 5.75. The summed E-state index contributed by atoms with van der Waals surface area (Å²) in [5.41, 5.74) is 7.23. The van der Waals surface area contributed by atoms with Gasteiger partial charge in [0.25, 0.3) is 0 Å². The Balaban J connectivity index is 0.000000714. The number of methoxy groups -OCH3 is 1. The molecule has 41 heavy (non-hydrogen) atoms. The minimum Gasteiger partial charge on any atom is -0.490 e. The molecule has 0 fully saturated rings. The lowest BCUT2D eigenvalue weighted by Crippen LogP contribution is -2.13. The third kappa shape index (κ3) is 6.85. The summed E-state index contributed by atoms with van der Waals surface area (Å²) in [6.45, 7) is 9.64. The van der Waals surface area contributed by atoms with Gasteiger partial charge in [0.15, 0.2) is 11.6 Å². The Morgan fingerprint density at radius 1 is 1.17 bits per heavy atom. The van der Waals surface area contributed by atoms with Crippen LogP contribution in [-0.2, 0) is 29.4 Å². The first kappa shape index (κ1) is 30.0. The highest BCUT2D eigenvalue weighted by Gasteiger charge is 2.26. The van der Waals surface area contributed by atoms with Gasteiger partial charge in [0.2, 0.25) is 0 Å². The molecule has 3 heterocycles.